The summed E-state index contributed by atoms with van der Waals surface area (Å²) in [4.78, 5) is 29.2. The molecule has 0 saturated heterocycles. The van der Waals surface area contributed by atoms with Crippen molar-refractivity contribution in [1.82, 2.24) is 0 Å². The maximum atomic E-state index is 14.6. The number of rotatable bonds is 6. The van der Waals surface area contributed by atoms with E-state index in [2.05, 4.69) is 12.1 Å². The molecular formula is C38H38N4O4. The number of fused-ring (bicyclic) bond motifs is 2. The van der Waals surface area contributed by atoms with E-state index >= 15 is 0 Å². The van der Waals surface area contributed by atoms with Crippen LogP contribution in [0.4, 0.5) is 0 Å². The van der Waals surface area contributed by atoms with Crippen LogP contribution in [0.5, 0.6) is 0 Å². The lowest BCUT2D eigenvalue weighted by atomic mass is 9.58. The average Bonchev–Trinajstić information content (AvgIpc) is 3.00. The number of benzene rings is 2. The summed E-state index contributed by atoms with van der Waals surface area (Å²) < 4.78 is 11.9. The molecule has 0 radical (unpaired) electrons. The first kappa shape index (κ1) is 33.7. The van der Waals surface area contributed by atoms with Gasteiger partial charge in [0.2, 0.25) is 0 Å². The molecule has 3 atom stereocenters. The van der Waals surface area contributed by atoms with Crippen molar-refractivity contribution in [3.63, 3.8) is 0 Å². The zero-order valence-corrected chi connectivity index (χ0v) is 27.2. The Morgan fingerprint density at radius 1 is 0.761 bits per heavy atom. The van der Waals surface area contributed by atoms with E-state index in [1.807, 2.05) is 42.5 Å². The number of nitriles is 4. The van der Waals surface area contributed by atoms with Gasteiger partial charge in [-0.2, -0.15) is 21.0 Å². The van der Waals surface area contributed by atoms with E-state index in [-0.39, 0.29) is 12.0 Å². The Morgan fingerprint density at radius 3 is 1.83 bits per heavy atom. The third-order valence-corrected chi connectivity index (χ3v) is 8.34. The maximum absolute atomic E-state index is 14.6. The molecule has 234 valence electrons. The van der Waals surface area contributed by atoms with Gasteiger partial charge in [0.25, 0.3) is 0 Å². The van der Waals surface area contributed by atoms with Crippen LogP contribution < -0.4 is 0 Å². The number of carbonyl (C=O) groups is 2. The molecule has 0 spiro atoms. The van der Waals surface area contributed by atoms with Crippen molar-refractivity contribution in [2.45, 2.75) is 78.4 Å². The third kappa shape index (κ3) is 6.59. The number of aryl methyl sites for hydroxylation is 2. The van der Waals surface area contributed by atoms with E-state index < -0.39 is 46.3 Å². The van der Waals surface area contributed by atoms with Gasteiger partial charge in [-0.1, -0.05) is 54.6 Å². The molecule has 4 rings (SSSR count). The van der Waals surface area contributed by atoms with Crippen LogP contribution in [-0.4, -0.2) is 23.1 Å². The van der Waals surface area contributed by atoms with Crippen LogP contribution in [0.3, 0.4) is 0 Å². The second-order valence-corrected chi connectivity index (χ2v) is 13.7. The molecule has 0 heterocycles. The summed E-state index contributed by atoms with van der Waals surface area (Å²) in [5.74, 6) is -5.82. The number of hydrogen-bond acceptors (Lipinski definition) is 8. The SMILES string of the molecule is CC(C)(C)OC(=O)C(C1CCc2ccccc2C1=C(C#N)C#N)C(C(=O)OC(C)(C)C)C(C#N)(C#N)C1=CCCc2ccccc21. The topological polar surface area (TPSA) is 148 Å². The molecular weight excluding hydrogens is 576 g/mol. The van der Waals surface area contributed by atoms with Crippen molar-refractivity contribution < 1.29 is 19.1 Å². The highest BCUT2D eigenvalue weighted by Crippen LogP contribution is 2.53. The number of carbonyl (C=O) groups excluding carboxylic acids is 2. The summed E-state index contributed by atoms with van der Waals surface area (Å²) in [5.41, 5.74) is -0.785. The van der Waals surface area contributed by atoms with Crippen molar-refractivity contribution in [2.75, 3.05) is 0 Å². The van der Waals surface area contributed by atoms with Gasteiger partial charge in [0, 0.05) is 5.92 Å². The molecule has 0 N–H and O–H groups in total. The molecule has 2 aromatic carbocycles. The summed E-state index contributed by atoms with van der Waals surface area (Å²) in [6.07, 6.45) is 3.71. The van der Waals surface area contributed by atoms with E-state index in [1.165, 1.54) is 0 Å². The zero-order chi connectivity index (χ0) is 33.9. The molecule has 2 aliphatic rings. The minimum Gasteiger partial charge on any atom is -0.460 e. The Labute approximate surface area is 271 Å². The first-order chi connectivity index (χ1) is 21.7. The molecule has 2 aromatic rings. The number of allylic oxidation sites excluding steroid dienone is 4. The van der Waals surface area contributed by atoms with Crippen molar-refractivity contribution in [3.05, 3.63) is 82.4 Å². The van der Waals surface area contributed by atoms with E-state index in [9.17, 15) is 30.6 Å². The van der Waals surface area contributed by atoms with Crippen molar-refractivity contribution in [3.8, 4) is 24.3 Å². The Balaban J connectivity index is 2.11. The van der Waals surface area contributed by atoms with Crippen LogP contribution in [0, 0.1) is 68.5 Å². The largest absolute Gasteiger partial charge is 0.460 e. The lowest BCUT2D eigenvalue weighted by Gasteiger charge is -2.42. The minimum atomic E-state index is -2.19. The third-order valence-electron chi connectivity index (χ3n) is 8.34. The molecule has 8 heteroatoms. The molecule has 0 fully saturated rings. The normalized spacial score (nSPS) is 17.2. The van der Waals surface area contributed by atoms with Crippen LogP contribution in [0.2, 0.25) is 0 Å². The second kappa shape index (κ2) is 13.0. The molecule has 46 heavy (non-hydrogen) atoms. The fourth-order valence-electron chi connectivity index (χ4n) is 6.65. The van der Waals surface area contributed by atoms with Gasteiger partial charge in [-0.25, -0.2) is 0 Å². The first-order valence-corrected chi connectivity index (χ1v) is 15.4. The number of ether oxygens (including phenoxy) is 2. The van der Waals surface area contributed by atoms with Gasteiger partial charge < -0.3 is 9.47 Å². The van der Waals surface area contributed by atoms with Crippen LogP contribution in [0.15, 0.2) is 60.2 Å². The van der Waals surface area contributed by atoms with Crippen LogP contribution in [-0.2, 0) is 31.9 Å². The van der Waals surface area contributed by atoms with Gasteiger partial charge in [-0.05, 0) is 101 Å². The van der Waals surface area contributed by atoms with Crippen molar-refractivity contribution >= 4 is 23.1 Å². The molecule has 0 aliphatic heterocycles. The lowest BCUT2D eigenvalue weighted by molar-refractivity contribution is -0.177. The molecule has 8 nitrogen and oxygen atoms in total. The second-order valence-electron chi connectivity index (χ2n) is 13.7. The monoisotopic (exact) mass is 614 g/mol. The van der Waals surface area contributed by atoms with Gasteiger partial charge in [-0.3, -0.25) is 9.59 Å². The first-order valence-electron chi connectivity index (χ1n) is 15.4. The Kier molecular flexibility index (Phi) is 9.56. The highest BCUT2D eigenvalue weighted by atomic mass is 16.6. The fourth-order valence-corrected chi connectivity index (χ4v) is 6.65. The Hall–Kier alpha value is -5.18. The van der Waals surface area contributed by atoms with Gasteiger partial charge in [0.15, 0.2) is 5.41 Å². The van der Waals surface area contributed by atoms with Crippen molar-refractivity contribution in [2.24, 2.45) is 23.2 Å². The van der Waals surface area contributed by atoms with Crippen LogP contribution in [0.25, 0.3) is 11.1 Å². The standard InChI is InChI=1S/C38H38N4O4/c1-36(2,3)45-34(43)32(29-19-18-25-13-8-10-16-28(25)31(29)26(20-39)21-40)33(35(44)46-37(4,5)6)38(22-41,23-42)30-17-11-14-24-12-7-9-15-27(24)30/h7-10,12-13,15-17,29,32-33H,11,14,18-19H2,1-6H3. The summed E-state index contributed by atoms with van der Waals surface area (Å²) in [7, 11) is 0. The van der Waals surface area contributed by atoms with Crippen molar-refractivity contribution in [1.29, 1.82) is 21.0 Å². The molecule has 0 bridgehead atoms. The van der Waals surface area contributed by atoms with E-state index in [4.69, 9.17) is 9.47 Å². The molecule has 2 aliphatic carbocycles. The number of esters is 2. The highest BCUT2D eigenvalue weighted by molar-refractivity contribution is 5.93. The quantitative estimate of drug-likeness (QED) is 0.249. The van der Waals surface area contributed by atoms with E-state index in [1.54, 1.807) is 65.8 Å². The summed E-state index contributed by atoms with van der Waals surface area (Å²) in [6, 6.07) is 23.1. The van der Waals surface area contributed by atoms with Crippen LogP contribution in [0.1, 0.15) is 76.6 Å². The number of hydrogen-bond donors (Lipinski definition) is 0. The number of nitrogens with zero attached hydrogens (tertiary/aromatic N) is 4. The molecule has 0 saturated carbocycles. The molecule has 0 amide bonds. The van der Waals surface area contributed by atoms with E-state index in [0.717, 1.165) is 11.1 Å². The Bertz CT molecular complexity index is 1750. The predicted octanol–water partition coefficient (Wildman–Crippen LogP) is 7.03. The fraction of sp³-hybridized carbons (Fsp3) is 0.421. The smallest absolute Gasteiger partial charge is 0.313 e. The van der Waals surface area contributed by atoms with Gasteiger partial charge in [-0.15, -0.1) is 0 Å². The van der Waals surface area contributed by atoms with Gasteiger partial charge in [0.1, 0.15) is 34.8 Å². The van der Waals surface area contributed by atoms with E-state index in [0.29, 0.717) is 41.5 Å². The summed E-state index contributed by atoms with van der Waals surface area (Å²) in [5, 5.41) is 42.4. The molecule has 0 aromatic heterocycles. The maximum Gasteiger partial charge on any atom is 0.313 e. The average molecular weight is 615 g/mol. The Morgan fingerprint density at radius 2 is 1.28 bits per heavy atom. The summed E-state index contributed by atoms with van der Waals surface area (Å²) >= 11 is 0. The zero-order valence-electron chi connectivity index (χ0n) is 27.2. The van der Waals surface area contributed by atoms with Gasteiger partial charge in [0.05, 0.1) is 18.1 Å². The molecule has 3 unspecified atom stereocenters. The lowest BCUT2D eigenvalue weighted by Crippen LogP contribution is -2.50. The highest BCUT2D eigenvalue weighted by Gasteiger charge is 2.59. The summed E-state index contributed by atoms with van der Waals surface area (Å²) in [6.45, 7) is 10.1. The van der Waals surface area contributed by atoms with Gasteiger partial charge >= 0.3 is 11.9 Å². The van der Waals surface area contributed by atoms with Crippen LogP contribution >= 0.6 is 0 Å². The minimum absolute atomic E-state index is 0.213. The predicted molar refractivity (Wildman–Crippen MR) is 171 cm³/mol.